The molecule has 0 aromatic carbocycles. The molecule has 1 fully saturated rings. The van der Waals surface area contributed by atoms with Gasteiger partial charge in [-0.15, -0.1) is 11.3 Å². The molecule has 0 bridgehead atoms. The Bertz CT molecular complexity index is 625. The molecule has 3 heterocycles. The molecule has 2 aromatic heterocycles. The van der Waals surface area contributed by atoms with E-state index in [-0.39, 0.29) is 0 Å². The highest BCUT2D eigenvalue weighted by molar-refractivity contribution is 7.13. The smallest absolute Gasteiger partial charge is 0.163 e. The molecule has 1 aliphatic rings. The van der Waals surface area contributed by atoms with Crippen LogP contribution in [0, 0.1) is 18.3 Å². The molecule has 18 heavy (non-hydrogen) atoms. The number of rotatable bonds is 2. The summed E-state index contributed by atoms with van der Waals surface area (Å²) in [6.45, 7) is 2.83. The van der Waals surface area contributed by atoms with E-state index in [0.29, 0.717) is 19.0 Å². The zero-order chi connectivity index (χ0) is 12.6. The molecule has 0 unspecified atom stereocenters. The van der Waals surface area contributed by atoms with E-state index in [1.165, 1.54) is 5.56 Å². The summed E-state index contributed by atoms with van der Waals surface area (Å²) in [5.74, 6) is 0.571. The van der Waals surface area contributed by atoms with Crippen LogP contribution < -0.4 is 0 Å². The minimum absolute atomic E-state index is 0.385. The van der Waals surface area contributed by atoms with Crippen molar-refractivity contribution in [3.05, 3.63) is 35.1 Å². The standard InChI is InChI=1S/C13H11N3OS/c1-9-3-5-18-11(9)10-2-4-15-12(16-10)13(6-14)7-17-8-13/h2-5H,7-8H2,1H3. The number of nitriles is 1. The van der Waals surface area contributed by atoms with E-state index in [9.17, 15) is 5.26 Å². The van der Waals surface area contributed by atoms with Crippen LogP contribution in [0.3, 0.4) is 0 Å². The first-order valence-electron chi connectivity index (χ1n) is 5.62. The monoisotopic (exact) mass is 257 g/mol. The van der Waals surface area contributed by atoms with Crippen molar-refractivity contribution in [3.63, 3.8) is 0 Å². The van der Waals surface area contributed by atoms with Crippen molar-refractivity contribution in [2.45, 2.75) is 12.3 Å². The Morgan fingerprint density at radius 3 is 2.83 bits per heavy atom. The van der Waals surface area contributed by atoms with Crippen LogP contribution >= 0.6 is 11.3 Å². The lowest BCUT2D eigenvalue weighted by Crippen LogP contribution is -2.46. The van der Waals surface area contributed by atoms with Gasteiger partial charge in [-0.25, -0.2) is 9.97 Å². The number of hydrogen-bond acceptors (Lipinski definition) is 5. The average Bonchev–Trinajstić information content (AvgIpc) is 2.75. The summed E-state index contributed by atoms with van der Waals surface area (Å²) in [5, 5.41) is 11.3. The van der Waals surface area contributed by atoms with Crippen LogP contribution in [-0.4, -0.2) is 23.2 Å². The van der Waals surface area contributed by atoms with Crippen molar-refractivity contribution >= 4 is 11.3 Å². The highest BCUT2D eigenvalue weighted by Gasteiger charge is 2.43. The molecular weight excluding hydrogens is 246 g/mol. The molecule has 0 aliphatic carbocycles. The number of nitrogens with zero attached hydrogens (tertiary/aromatic N) is 3. The molecule has 2 aromatic rings. The molecule has 0 radical (unpaired) electrons. The molecule has 0 N–H and O–H groups in total. The number of ether oxygens (including phenoxy) is 1. The number of aromatic nitrogens is 2. The second-order valence-electron chi connectivity index (χ2n) is 4.38. The van der Waals surface area contributed by atoms with E-state index in [2.05, 4.69) is 29.0 Å². The summed E-state index contributed by atoms with van der Waals surface area (Å²) in [6, 6.07) is 6.22. The first kappa shape index (κ1) is 11.3. The van der Waals surface area contributed by atoms with Crippen molar-refractivity contribution in [1.29, 1.82) is 5.26 Å². The van der Waals surface area contributed by atoms with Gasteiger partial charge in [-0.1, -0.05) is 0 Å². The molecule has 0 amide bonds. The third-order valence-corrected chi connectivity index (χ3v) is 4.13. The van der Waals surface area contributed by atoms with Gasteiger partial charge in [0.15, 0.2) is 11.2 Å². The molecule has 0 spiro atoms. The summed E-state index contributed by atoms with van der Waals surface area (Å²) >= 11 is 1.65. The van der Waals surface area contributed by atoms with Gasteiger partial charge in [-0.05, 0) is 30.0 Å². The minimum atomic E-state index is -0.652. The van der Waals surface area contributed by atoms with E-state index < -0.39 is 5.41 Å². The molecular formula is C13H11N3OS. The van der Waals surface area contributed by atoms with Gasteiger partial charge in [-0.3, -0.25) is 0 Å². The van der Waals surface area contributed by atoms with Crippen LogP contribution in [0.2, 0.25) is 0 Å². The maximum absolute atomic E-state index is 9.26. The summed E-state index contributed by atoms with van der Waals surface area (Å²) < 4.78 is 5.14. The molecule has 90 valence electrons. The summed E-state index contributed by atoms with van der Waals surface area (Å²) in [6.07, 6.45) is 1.72. The lowest BCUT2D eigenvalue weighted by atomic mass is 9.87. The molecule has 5 heteroatoms. The summed E-state index contributed by atoms with van der Waals surface area (Å²) in [7, 11) is 0. The third kappa shape index (κ3) is 1.62. The largest absolute Gasteiger partial charge is 0.377 e. The van der Waals surface area contributed by atoms with Gasteiger partial charge >= 0.3 is 0 Å². The molecule has 0 saturated carbocycles. The zero-order valence-corrected chi connectivity index (χ0v) is 10.7. The maximum Gasteiger partial charge on any atom is 0.163 e. The predicted octanol–water partition coefficient (Wildman–Crippen LogP) is 2.31. The second kappa shape index (κ2) is 4.16. The Labute approximate surface area is 109 Å². The molecule has 0 atom stereocenters. The SMILES string of the molecule is Cc1ccsc1-c1ccnc(C2(C#N)COC2)n1. The van der Waals surface area contributed by atoms with Gasteiger partial charge in [0.1, 0.15) is 0 Å². The Kier molecular flexibility index (Phi) is 2.62. The zero-order valence-electron chi connectivity index (χ0n) is 9.88. The molecule has 1 saturated heterocycles. The van der Waals surface area contributed by atoms with Crippen molar-refractivity contribution in [3.8, 4) is 16.6 Å². The van der Waals surface area contributed by atoms with E-state index in [4.69, 9.17) is 4.74 Å². The van der Waals surface area contributed by atoms with E-state index in [0.717, 1.165) is 10.6 Å². The molecule has 1 aliphatic heterocycles. The van der Waals surface area contributed by atoms with E-state index in [1.54, 1.807) is 17.5 Å². The average molecular weight is 257 g/mol. The first-order valence-corrected chi connectivity index (χ1v) is 6.50. The Morgan fingerprint density at radius 2 is 2.28 bits per heavy atom. The van der Waals surface area contributed by atoms with Crippen LogP contribution in [0.15, 0.2) is 23.7 Å². The summed E-state index contributed by atoms with van der Waals surface area (Å²) in [4.78, 5) is 9.90. The number of hydrogen-bond donors (Lipinski definition) is 0. The topological polar surface area (TPSA) is 58.8 Å². The Hall–Kier alpha value is -1.77. The van der Waals surface area contributed by atoms with Crippen molar-refractivity contribution in [2.24, 2.45) is 0 Å². The van der Waals surface area contributed by atoms with Gasteiger partial charge < -0.3 is 4.74 Å². The Balaban J connectivity index is 2.05. The second-order valence-corrected chi connectivity index (χ2v) is 5.30. The highest BCUT2D eigenvalue weighted by Crippen LogP contribution is 2.32. The predicted molar refractivity (Wildman–Crippen MR) is 68.2 cm³/mol. The van der Waals surface area contributed by atoms with Gasteiger partial charge in [0.2, 0.25) is 0 Å². The lowest BCUT2D eigenvalue weighted by Gasteiger charge is -2.33. The molecule has 4 nitrogen and oxygen atoms in total. The quantitative estimate of drug-likeness (QED) is 0.828. The van der Waals surface area contributed by atoms with Gasteiger partial charge in [0.25, 0.3) is 0 Å². The fraction of sp³-hybridized carbons (Fsp3) is 0.308. The van der Waals surface area contributed by atoms with Crippen LogP contribution in [0.1, 0.15) is 11.4 Å². The van der Waals surface area contributed by atoms with Crippen molar-refractivity contribution in [1.82, 2.24) is 9.97 Å². The van der Waals surface area contributed by atoms with E-state index in [1.807, 2.05) is 11.4 Å². The fourth-order valence-corrected chi connectivity index (χ4v) is 2.80. The van der Waals surface area contributed by atoms with Gasteiger partial charge in [0.05, 0.1) is 29.9 Å². The highest BCUT2D eigenvalue weighted by atomic mass is 32.1. The van der Waals surface area contributed by atoms with Crippen LogP contribution in [0.5, 0.6) is 0 Å². The summed E-state index contributed by atoms with van der Waals surface area (Å²) in [5.41, 5.74) is 1.43. The fourth-order valence-electron chi connectivity index (χ4n) is 1.90. The van der Waals surface area contributed by atoms with Crippen molar-refractivity contribution in [2.75, 3.05) is 13.2 Å². The molecule has 3 rings (SSSR count). The number of aryl methyl sites for hydroxylation is 1. The van der Waals surface area contributed by atoms with E-state index >= 15 is 0 Å². The van der Waals surface area contributed by atoms with Crippen LogP contribution in [-0.2, 0) is 10.2 Å². The minimum Gasteiger partial charge on any atom is -0.377 e. The van der Waals surface area contributed by atoms with Gasteiger partial charge in [0, 0.05) is 6.20 Å². The maximum atomic E-state index is 9.26. The van der Waals surface area contributed by atoms with Crippen LogP contribution in [0.25, 0.3) is 10.6 Å². The lowest BCUT2D eigenvalue weighted by molar-refractivity contribution is -0.0338. The first-order chi connectivity index (χ1) is 8.75. The third-order valence-electron chi connectivity index (χ3n) is 3.09. The number of thiophene rings is 1. The van der Waals surface area contributed by atoms with Crippen molar-refractivity contribution < 1.29 is 4.74 Å². The van der Waals surface area contributed by atoms with Gasteiger partial charge in [-0.2, -0.15) is 5.26 Å². The van der Waals surface area contributed by atoms with Crippen LogP contribution in [0.4, 0.5) is 0 Å². The normalized spacial score (nSPS) is 16.9. The Morgan fingerprint density at radius 1 is 1.44 bits per heavy atom.